The van der Waals surface area contributed by atoms with Gasteiger partial charge in [-0.15, -0.1) is 0 Å². The van der Waals surface area contributed by atoms with E-state index in [1.165, 1.54) is 12.1 Å². The third-order valence-corrected chi connectivity index (χ3v) is 2.26. The summed E-state index contributed by atoms with van der Waals surface area (Å²) in [6.07, 6.45) is 1.27. The predicted molar refractivity (Wildman–Crippen MR) is 69.4 cm³/mol. The highest BCUT2D eigenvalue weighted by molar-refractivity contribution is 5.77. The number of halogens is 2. The SMILES string of the molecule is CC(C)NC(N)=NCCCc1cc(F)cc(F)c1. The Labute approximate surface area is 106 Å². The highest BCUT2D eigenvalue weighted by Crippen LogP contribution is 2.09. The molecule has 0 atom stereocenters. The summed E-state index contributed by atoms with van der Waals surface area (Å²) in [5.41, 5.74) is 6.26. The van der Waals surface area contributed by atoms with E-state index >= 15 is 0 Å². The summed E-state index contributed by atoms with van der Waals surface area (Å²) in [4.78, 5) is 4.12. The van der Waals surface area contributed by atoms with Crippen molar-refractivity contribution in [3.63, 3.8) is 0 Å². The van der Waals surface area contributed by atoms with E-state index in [0.29, 0.717) is 30.9 Å². The summed E-state index contributed by atoms with van der Waals surface area (Å²) in [5, 5.41) is 2.97. The third-order valence-electron chi connectivity index (χ3n) is 2.26. The summed E-state index contributed by atoms with van der Waals surface area (Å²) in [5.74, 6) is -0.695. The van der Waals surface area contributed by atoms with E-state index < -0.39 is 11.6 Å². The Morgan fingerprint density at radius 1 is 1.28 bits per heavy atom. The Bertz CT molecular complexity index is 396. The molecule has 0 unspecified atom stereocenters. The maximum Gasteiger partial charge on any atom is 0.188 e. The van der Waals surface area contributed by atoms with E-state index in [2.05, 4.69) is 10.3 Å². The zero-order chi connectivity index (χ0) is 13.5. The largest absolute Gasteiger partial charge is 0.370 e. The van der Waals surface area contributed by atoms with Crippen molar-refractivity contribution in [1.29, 1.82) is 0 Å². The lowest BCUT2D eigenvalue weighted by Gasteiger charge is -2.08. The molecule has 0 aliphatic carbocycles. The molecule has 0 heterocycles. The van der Waals surface area contributed by atoms with E-state index in [4.69, 9.17) is 5.73 Å². The van der Waals surface area contributed by atoms with Crippen LogP contribution in [0.5, 0.6) is 0 Å². The number of aliphatic imine (C=N–C) groups is 1. The molecule has 100 valence electrons. The third kappa shape index (κ3) is 5.61. The molecule has 0 bridgehead atoms. The van der Waals surface area contributed by atoms with Crippen molar-refractivity contribution in [2.75, 3.05) is 6.54 Å². The summed E-state index contributed by atoms with van der Waals surface area (Å²) >= 11 is 0. The van der Waals surface area contributed by atoms with Gasteiger partial charge in [0.1, 0.15) is 11.6 Å². The predicted octanol–water partition coefficient (Wildman–Crippen LogP) is 2.21. The Hall–Kier alpha value is -1.65. The topological polar surface area (TPSA) is 50.4 Å². The number of aryl methyl sites for hydroxylation is 1. The first-order valence-corrected chi connectivity index (χ1v) is 5.99. The molecule has 1 aromatic rings. The van der Waals surface area contributed by atoms with Gasteiger partial charge in [0.25, 0.3) is 0 Å². The normalized spacial score (nSPS) is 11.9. The van der Waals surface area contributed by atoms with Crippen LogP contribution in [-0.2, 0) is 6.42 Å². The van der Waals surface area contributed by atoms with Crippen LogP contribution in [0.3, 0.4) is 0 Å². The minimum Gasteiger partial charge on any atom is -0.370 e. The van der Waals surface area contributed by atoms with Crippen molar-refractivity contribution in [2.24, 2.45) is 10.7 Å². The molecule has 0 saturated carbocycles. The molecule has 3 nitrogen and oxygen atoms in total. The maximum atomic E-state index is 12.9. The van der Waals surface area contributed by atoms with Crippen molar-refractivity contribution in [1.82, 2.24) is 5.32 Å². The van der Waals surface area contributed by atoms with Gasteiger partial charge in [0.05, 0.1) is 0 Å². The number of nitrogens with zero attached hydrogens (tertiary/aromatic N) is 1. The average molecular weight is 255 g/mol. The fraction of sp³-hybridized carbons (Fsp3) is 0.462. The van der Waals surface area contributed by atoms with Gasteiger partial charge in [-0.1, -0.05) is 0 Å². The Balaban J connectivity index is 2.37. The monoisotopic (exact) mass is 255 g/mol. The van der Waals surface area contributed by atoms with Crippen LogP contribution in [0.1, 0.15) is 25.8 Å². The van der Waals surface area contributed by atoms with Crippen molar-refractivity contribution < 1.29 is 8.78 Å². The van der Waals surface area contributed by atoms with Crippen LogP contribution in [0.2, 0.25) is 0 Å². The standard InChI is InChI=1S/C13H19F2N3/c1-9(2)18-13(16)17-5-3-4-10-6-11(14)8-12(15)7-10/h6-9H,3-5H2,1-2H3,(H3,16,17,18). The van der Waals surface area contributed by atoms with Crippen LogP contribution >= 0.6 is 0 Å². The number of rotatable bonds is 5. The Kier molecular flexibility index (Phi) is 5.55. The van der Waals surface area contributed by atoms with Crippen LogP contribution in [0.4, 0.5) is 8.78 Å². The van der Waals surface area contributed by atoms with Gasteiger partial charge in [-0.25, -0.2) is 8.78 Å². The molecular weight excluding hydrogens is 236 g/mol. The van der Waals surface area contributed by atoms with Crippen molar-refractivity contribution in [3.8, 4) is 0 Å². The molecule has 0 aliphatic rings. The van der Waals surface area contributed by atoms with Gasteiger partial charge >= 0.3 is 0 Å². The molecule has 1 rings (SSSR count). The number of hydrogen-bond donors (Lipinski definition) is 2. The lowest BCUT2D eigenvalue weighted by molar-refractivity contribution is 0.578. The molecule has 1 aromatic carbocycles. The molecule has 5 heteroatoms. The molecule has 0 radical (unpaired) electrons. The average Bonchev–Trinajstić information content (AvgIpc) is 2.22. The molecule has 3 N–H and O–H groups in total. The Morgan fingerprint density at radius 3 is 2.44 bits per heavy atom. The van der Waals surface area contributed by atoms with E-state index in [-0.39, 0.29) is 6.04 Å². The number of guanidine groups is 1. The second-order valence-electron chi connectivity index (χ2n) is 4.45. The van der Waals surface area contributed by atoms with Gasteiger partial charge in [-0.05, 0) is 44.4 Å². The van der Waals surface area contributed by atoms with E-state index in [1.54, 1.807) is 0 Å². The van der Waals surface area contributed by atoms with E-state index in [1.807, 2.05) is 13.8 Å². The summed E-state index contributed by atoms with van der Waals surface area (Å²) in [6, 6.07) is 3.78. The number of benzene rings is 1. The molecule has 0 fully saturated rings. The quantitative estimate of drug-likeness (QED) is 0.481. The van der Waals surface area contributed by atoms with Crippen molar-refractivity contribution in [2.45, 2.75) is 32.7 Å². The van der Waals surface area contributed by atoms with Gasteiger partial charge in [0.15, 0.2) is 5.96 Å². The first-order chi connectivity index (χ1) is 8.47. The van der Waals surface area contributed by atoms with Crippen LogP contribution in [0.15, 0.2) is 23.2 Å². The molecule has 0 saturated heterocycles. The second-order valence-corrected chi connectivity index (χ2v) is 4.45. The highest BCUT2D eigenvalue weighted by Gasteiger charge is 2.00. The van der Waals surface area contributed by atoms with Gasteiger partial charge < -0.3 is 11.1 Å². The smallest absolute Gasteiger partial charge is 0.188 e. The lowest BCUT2D eigenvalue weighted by atomic mass is 10.1. The van der Waals surface area contributed by atoms with Crippen LogP contribution in [0.25, 0.3) is 0 Å². The lowest BCUT2D eigenvalue weighted by Crippen LogP contribution is -2.36. The molecule has 0 amide bonds. The van der Waals surface area contributed by atoms with Crippen LogP contribution in [0, 0.1) is 11.6 Å². The molecule has 18 heavy (non-hydrogen) atoms. The Morgan fingerprint density at radius 2 is 1.89 bits per heavy atom. The minimum absolute atomic E-state index is 0.242. The van der Waals surface area contributed by atoms with Gasteiger partial charge in [-0.3, -0.25) is 4.99 Å². The maximum absolute atomic E-state index is 12.9. The minimum atomic E-state index is -0.547. The van der Waals surface area contributed by atoms with E-state index in [9.17, 15) is 8.78 Å². The van der Waals surface area contributed by atoms with Gasteiger partial charge in [-0.2, -0.15) is 0 Å². The summed E-state index contributed by atoms with van der Waals surface area (Å²) in [6.45, 7) is 4.47. The molecular formula is C13H19F2N3. The number of nitrogens with one attached hydrogen (secondary N) is 1. The highest BCUT2D eigenvalue weighted by atomic mass is 19.1. The number of hydrogen-bond acceptors (Lipinski definition) is 1. The van der Waals surface area contributed by atoms with Gasteiger partial charge in [0, 0.05) is 18.7 Å². The first-order valence-electron chi connectivity index (χ1n) is 5.99. The zero-order valence-corrected chi connectivity index (χ0v) is 10.7. The van der Waals surface area contributed by atoms with Gasteiger partial charge in [0.2, 0.25) is 0 Å². The van der Waals surface area contributed by atoms with E-state index in [0.717, 1.165) is 6.07 Å². The molecule has 0 aliphatic heterocycles. The van der Waals surface area contributed by atoms with Crippen molar-refractivity contribution in [3.05, 3.63) is 35.4 Å². The molecule has 0 aromatic heterocycles. The van der Waals surface area contributed by atoms with Crippen molar-refractivity contribution >= 4 is 5.96 Å². The van der Waals surface area contributed by atoms with Crippen LogP contribution < -0.4 is 11.1 Å². The zero-order valence-electron chi connectivity index (χ0n) is 10.7. The summed E-state index contributed by atoms with van der Waals surface area (Å²) < 4.78 is 25.8. The number of nitrogens with two attached hydrogens (primary N) is 1. The molecule has 0 spiro atoms. The fourth-order valence-corrected chi connectivity index (χ4v) is 1.58. The fourth-order valence-electron chi connectivity index (χ4n) is 1.58. The first kappa shape index (κ1) is 14.4. The summed E-state index contributed by atoms with van der Waals surface area (Å²) in [7, 11) is 0. The van der Waals surface area contributed by atoms with Crippen LogP contribution in [-0.4, -0.2) is 18.5 Å². The second kappa shape index (κ2) is 6.93.